The van der Waals surface area contributed by atoms with Crippen LogP contribution in [0.3, 0.4) is 0 Å². The van der Waals surface area contributed by atoms with E-state index < -0.39 is 53.9 Å². The Hall–Kier alpha value is -2.21. The Morgan fingerprint density at radius 3 is 2.63 bits per heavy atom. The van der Waals surface area contributed by atoms with Crippen LogP contribution in [0.4, 0.5) is 0 Å². The van der Waals surface area contributed by atoms with Crippen molar-refractivity contribution < 1.29 is 25.0 Å². The molecule has 4 atom stereocenters. The molecule has 148 valence electrons. The summed E-state index contributed by atoms with van der Waals surface area (Å²) in [6.07, 6.45) is -3.09. The zero-order chi connectivity index (χ0) is 24.0. The molecule has 0 saturated carbocycles. The highest BCUT2D eigenvalue weighted by molar-refractivity contribution is 5.93. The number of hydrogen-bond donors (Lipinski definition) is 2. The van der Waals surface area contributed by atoms with Crippen molar-refractivity contribution in [3.63, 3.8) is 0 Å². The maximum Gasteiger partial charge on any atom is 0.249 e. The minimum absolute atomic E-state index is 0.138. The first-order chi connectivity index (χ1) is 14.0. The van der Waals surface area contributed by atoms with Gasteiger partial charge in [-0.25, -0.2) is 0 Å². The molecule has 0 bridgehead atoms. The number of carbonyl (C=O) groups excluding carboxylic acids is 3. The topological polar surface area (TPSA) is 86.7 Å². The van der Waals surface area contributed by atoms with Crippen LogP contribution in [-0.4, -0.2) is 46.7 Å². The van der Waals surface area contributed by atoms with Crippen LogP contribution in [0.25, 0.3) is 0 Å². The molecule has 27 heavy (non-hydrogen) atoms. The van der Waals surface area contributed by atoms with E-state index in [0.717, 1.165) is 11.8 Å². The second-order valence-electron chi connectivity index (χ2n) is 7.18. The van der Waals surface area contributed by atoms with E-state index in [1.54, 1.807) is 18.2 Å². The van der Waals surface area contributed by atoms with E-state index in [2.05, 4.69) is 5.32 Å². The Morgan fingerprint density at radius 1 is 1.37 bits per heavy atom. The first kappa shape index (κ1) is 15.8. The summed E-state index contributed by atoms with van der Waals surface area (Å²) in [7, 11) is 1.38. The molecule has 1 heterocycles. The van der Waals surface area contributed by atoms with Gasteiger partial charge in [0.2, 0.25) is 11.8 Å². The van der Waals surface area contributed by atoms with E-state index >= 15 is 0 Å². The van der Waals surface area contributed by atoms with E-state index in [4.69, 9.17) is 5.48 Å². The van der Waals surface area contributed by atoms with Gasteiger partial charge in [-0.05, 0) is 30.4 Å². The molecule has 2 amide bonds. The van der Waals surface area contributed by atoms with Gasteiger partial charge in [-0.3, -0.25) is 14.4 Å². The van der Waals surface area contributed by atoms with Gasteiger partial charge >= 0.3 is 0 Å². The molecule has 0 saturated heterocycles. The Bertz CT molecular complexity index is 901. The van der Waals surface area contributed by atoms with Gasteiger partial charge in [0, 0.05) is 26.8 Å². The number of likely N-dealkylation sites (N-methyl/N-ethyl adjacent to an activating group) is 1. The molecular weight excluding hydrogens is 344 g/mol. The number of rotatable bonds is 6. The number of benzene rings is 1. The third-order valence-corrected chi connectivity index (χ3v) is 4.71. The van der Waals surface area contributed by atoms with Crippen molar-refractivity contribution in [1.29, 1.82) is 0 Å². The largest absolute Gasteiger partial charge is 0.385 e. The van der Waals surface area contributed by atoms with Gasteiger partial charge in [-0.1, -0.05) is 45.0 Å². The molecule has 1 aliphatic heterocycles. The second-order valence-corrected chi connectivity index (χ2v) is 7.18. The van der Waals surface area contributed by atoms with Crippen LogP contribution in [0.1, 0.15) is 56.7 Å². The standard InChI is InChI=1S/C21H30N2O4/c1-12(2)19(25)17(24)10-13(3)20(26)22-18-16-9-7-6-8-15(16)11-14(4)23(5)21(18)27/h6-9,12-14,18-19,25H,10-11H2,1-5H3,(H,22,26)/t13-,14?,18+,19+/m1/s1/i13D,14D,18D,19D. The number of carbonyl (C=O) groups is 3. The van der Waals surface area contributed by atoms with Crippen LogP contribution < -0.4 is 5.32 Å². The van der Waals surface area contributed by atoms with Crippen molar-refractivity contribution >= 4 is 17.6 Å². The van der Waals surface area contributed by atoms with Gasteiger partial charge in [0.15, 0.2) is 5.78 Å². The smallest absolute Gasteiger partial charge is 0.249 e. The first-order valence-corrected chi connectivity index (χ1v) is 8.92. The summed E-state index contributed by atoms with van der Waals surface area (Å²) in [5.41, 5.74) is 0.730. The van der Waals surface area contributed by atoms with Crippen molar-refractivity contribution in [3.05, 3.63) is 35.4 Å². The Morgan fingerprint density at radius 2 is 2.00 bits per heavy atom. The van der Waals surface area contributed by atoms with E-state index in [1.165, 1.54) is 33.9 Å². The predicted molar refractivity (Wildman–Crippen MR) is 103 cm³/mol. The van der Waals surface area contributed by atoms with Crippen LogP contribution in [0.2, 0.25) is 0 Å². The van der Waals surface area contributed by atoms with Crippen LogP contribution in [-0.2, 0) is 20.8 Å². The average molecular weight is 379 g/mol. The Balaban J connectivity index is 2.42. The summed E-state index contributed by atoms with van der Waals surface area (Å²) in [6, 6.07) is 2.85. The van der Waals surface area contributed by atoms with E-state index in [0.29, 0.717) is 5.56 Å². The fraction of sp³-hybridized carbons (Fsp3) is 0.571. The molecule has 0 spiro atoms. The van der Waals surface area contributed by atoms with Gasteiger partial charge in [-0.15, -0.1) is 0 Å². The molecule has 2 N–H and O–H groups in total. The van der Waals surface area contributed by atoms with Gasteiger partial charge in [0.05, 0.1) is 4.11 Å². The summed E-state index contributed by atoms with van der Waals surface area (Å²) in [6.45, 7) is 5.61. The minimum atomic E-state index is -2.46. The maximum absolute atomic E-state index is 13.2. The summed E-state index contributed by atoms with van der Waals surface area (Å²) in [5, 5.41) is 12.4. The number of amides is 2. The number of fused-ring (bicyclic) bond motifs is 1. The number of ketones is 1. The number of hydrogen-bond acceptors (Lipinski definition) is 4. The molecule has 1 aromatic rings. The van der Waals surface area contributed by atoms with Gasteiger partial charge in [0.25, 0.3) is 0 Å². The highest BCUT2D eigenvalue weighted by atomic mass is 16.3. The maximum atomic E-state index is 13.2. The fourth-order valence-electron chi connectivity index (χ4n) is 2.84. The number of Topliss-reactive ketones (excluding diaryl/α,β-unsaturated/α-hetero) is 1. The molecule has 2 rings (SSSR count). The Labute approximate surface area is 166 Å². The number of aliphatic hydroxyl groups is 1. The monoisotopic (exact) mass is 378 g/mol. The molecule has 6 nitrogen and oxygen atoms in total. The van der Waals surface area contributed by atoms with Crippen molar-refractivity contribution in [1.82, 2.24) is 10.2 Å². The zero-order valence-electron chi connectivity index (χ0n) is 20.4. The summed E-state index contributed by atoms with van der Waals surface area (Å²) < 4.78 is 33.5. The summed E-state index contributed by atoms with van der Waals surface area (Å²) in [5.74, 6) is -5.80. The third-order valence-electron chi connectivity index (χ3n) is 4.71. The minimum Gasteiger partial charge on any atom is -0.385 e. The first-order valence-electron chi connectivity index (χ1n) is 10.9. The SMILES string of the molecule is [2H]C1(C)Cc2ccccc2[C@]([2H])(NC(=O)[C@]([2H])(C)CC(=O)[C@@]([2H])(O)C(C)C)C(=O)N1C. The molecule has 0 aromatic heterocycles. The lowest BCUT2D eigenvalue weighted by molar-refractivity contribution is -0.138. The third kappa shape index (κ3) is 4.75. The van der Waals surface area contributed by atoms with E-state index in [-0.39, 0.29) is 12.0 Å². The second kappa shape index (κ2) is 8.65. The highest BCUT2D eigenvalue weighted by Gasteiger charge is 2.34. The predicted octanol–water partition coefficient (Wildman–Crippen LogP) is 1.86. The molecular formula is C21H30N2O4. The van der Waals surface area contributed by atoms with Crippen molar-refractivity contribution in [2.75, 3.05) is 7.05 Å². The molecule has 1 aliphatic rings. The zero-order valence-corrected chi connectivity index (χ0v) is 16.4. The molecule has 0 fully saturated rings. The molecule has 6 heteroatoms. The van der Waals surface area contributed by atoms with E-state index in [9.17, 15) is 19.5 Å². The summed E-state index contributed by atoms with van der Waals surface area (Å²) >= 11 is 0. The molecule has 0 aliphatic carbocycles. The summed E-state index contributed by atoms with van der Waals surface area (Å²) in [4.78, 5) is 39.6. The normalized spacial score (nSPS) is 32.0. The van der Waals surface area contributed by atoms with Gasteiger partial charge in [-0.2, -0.15) is 0 Å². The molecule has 0 radical (unpaired) electrons. The highest BCUT2D eigenvalue weighted by Crippen LogP contribution is 2.27. The lowest BCUT2D eigenvalue weighted by atomic mass is 9.94. The average Bonchev–Trinajstić information content (AvgIpc) is 2.70. The van der Waals surface area contributed by atoms with Gasteiger partial charge < -0.3 is 15.3 Å². The Kier molecular flexibility index (Phi) is 5.07. The number of nitrogens with one attached hydrogen (secondary N) is 1. The van der Waals surface area contributed by atoms with E-state index in [1.807, 2.05) is 0 Å². The quantitative estimate of drug-likeness (QED) is 0.791. The lowest BCUT2D eigenvalue weighted by Gasteiger charge is -2.26. The van der Waals surface area contributed by atoms with Crippen molar-refractivity contribution in [3.8, 4) is 0 Å². The molecule has 1 aromatic carbocycles. The van der Waals surface area contributed by atoms with Crippen LogP contribution in [0.15, 0.2) is 24.3 Å². The molecule has 1 unspecified atom stereocenters. The number of nitrogens with zero attached hydrogens (tertiary/aromatic N) is 1. The van der Waals surface area contributed by atoms with Crippen LogP contribution in [0, 0.1) is 11.8 Å². The van der Waals surface area contributed by atoms with Gasteiger partial charge in [0.1, 0.15) is 12.1 Å². The van der Waals surface area contributed by atoms with Crippen molar-refractivity contribution in [2.24, 2.45) is 11.8 Å². The lowest BCUT2D eigenvalue weighted by Crippen LogP contribution is -2.44. The fourth-order valence-corrected chi connectivity index (χ4v) is 2.84. The van der Waals surface area contributed by atoms with Crippen molar-refractivity contribution in [2.45, 2.75) is 58.7 Å². The van der Waals surface area contributed by atoms with Crippen LogP contribution >= 0.6 is 0 Å². The van der Waals surface area contributed by atoms with Crippen LogP contribution in [0.5, 0.6) is 0 Å².